The number of amides is 1. The maximum atomic E-state index is 13.3. The Balaban J connectivity index is 1.23. The minimum absolute atomic E-state index is 0.128. The molecule has 1 saturated heterocycles. The molecule has 1 N–H and O–H groups in total. The monoisotopic (exact) mass is 575 g/mol. The van der Waals surface area contributed by atoms with Crippen molar-refractivity contribution >= 4 is 66.2 Å². The Kier molecular flexibility index (Phi) is 6.60. The lowest BCUT2D eigenvalue weighted by atomic mass is 9.92. The second kappa shape index (κ2) is 9.77. The molecule has 0 saturated carbocycles. The molecule has 1 amide bonds. The number of hydrogen-bond acceptors (Lipinski definition) is 7. The van der Waals surface area contributed by atoms with Crippen molar-refractivity contribution in [3.8, 4) is 5.13 Å². The van der Waals surface area contributed by atoms with Crippen LogP contribution in [0.3, 0.4) is 0 Å². The number of thiophene rings is 1. The number of hydrogen-bond donors (Lipinski definition) is 1. The number of fused-ring (bicyclic) bond motifs is 2. The number of carbonyl (C=O) groups excluding carboxylic acids is 1. The van der Waals surface area contributed by atoms with Crippen molar-refractivity contribution in [3.63, 3.8) is 0 Å². The van der Waals surface area contributed by atoms with Gasteiger partial charge in [-0.05, 0) is 80.8 Å². The smallest absolute Gasteiger partial charge is 0.252 e. The van der Waals surface area contributed by atoms with Crippen LogP contribution < -0.4 is 5.32 Å². The number of aromatic nitrogens is 3. The number of aryl methyl sites for hydroxylation is 3. The lowest BCUT2D eigenvalue weighted by molar-refractivity contribution is -0.120. The largest absolute Gasteiger partial charge is 0.310 e. The third-order valence-corrected chi connectivity index (χ3v) is 11.6. The molecule has 3 aromatic heterocycles. The summed E-state index contributed by atoms with van der Waals surface area (Å²) in [6, 6.07) is 9.35. The number of piperidine rings is 1. The number of nitrogens with one attached hydrogen (secondary N) is 1. The van der Waals surface area contributed by atoms with Gasteiger partial charge in [0.15, 0.2) is 0 Å². The zero-order valence-corrected chi connectivity index (χ0v) is 23.4. The predicted molar refractivity (Wildman–Crippen MR) is 148 cm³/mol. The van der Waals surface area contributed by atoms with E-state index in [1.807, 2.05) is 13.0 Å². The zero-order chi connectivity index (χ0) is 25.7. The average Bonchev–Trinajstić information content (AvgIpc) is 3.60. The molecule has 4 heterocycles. The van der Waals surface area contributed by atoms with Crippen LogP contribution in [-0.4, -0.2) is 46.5 Å². The van der Waals surface area contributed by atoms with Crippen LogP contribution in [-0.2, 0) is 27.7 Å². The highest BCUT2D eigenvalue weighted by Crippen LogP contribution is 2.33. The third-order valence-electron chi connectivity index (χ3n) is 7.00. The van der Waals surface area contributed by atoms with E-state index in [9.17, 15) is 13.2 Å². The number of anilines is 1. The number of thiazole rings is 1. The lowest BCUT2D eigenvalue weighted by Gasteiger charge is -2.30. The summed E-state index contributed by atoms with van der Waals surface area (Å²) in [5.41, 5.74) is 4.49. The first kappa shape index (κ1) is 25.0. The molecule has 8 nitrogen and oxygen atoms in total. The van der Waals surface area contributed by atoms with Gasteiger partial charge < -0.3 is 5.32 Å². The zero-order valence-electron chi connectivity index (χ0n) is 20.2. The number of benzene rings is 1. The van der Waals surface area contributed by atoms with Crippen molar-refractivity contribution in [2.45, 2.75) is 49.7 Å². The van der Waals surface area contributed by atoms with Crippen molar-refractivity contribution in [2.24, 2.45) is 5.92 Å². The summed E-state index contributed by atoms with van der Waals surface area (Å²) in [5.74, 6) is -0.150. The van der Waals surface area contributed by atoms with Crippen molar-refractivity contribution in [2.75, 3.05) is 18.4 Å². The number of halogens is 1. The Morgan fingerprint density at radius 3 is 2.65 bits per heavy atom. The molecule has 0 radical (unpaired) electrons. The van der Waals surface area contributed by atoms with Gasteiger partial charge in [-0.1, -0.05) is 22.9 Å². The lowest BCUT2D eigenvalue weighted by Crippen LogP contribution is -2.43. The van der Waals surface area contributed by atoms with Gasteiger partial charge in [-0.15, -0.1) is 11.3 Å². The second-order valence-corrected chi connectivity index (χ2v) is 14.5. The summed E-state index contributed by atoms with van der Waals surface area (Å²) in [6.07, 6.45) is 5.85. The summed E-state index contributed by atoms with van der Waals surface area (Å²) in [5, 5.41) is 8.30. The molecular weight excluding hydrogens is 550 g/mol. The number of carbonyl (C=O) groups is 1. The molecular formula is C25H26ClN5O3S3. The van der Waals surface area contributed by atoms with Crippen molar-refractivity contribution < 1.29 is 13.2 Å². The molecule has 6 rings (SSSR count). The summed E-state index contributed by atoms with van der Waals surface area (Å²) in [4.78, 5) is 18.1. The molecule has 4 aromatic rings. The third kappa shape index (κ3) is 4.83. The van der Waals surface area contributed by atoms with Gasteiger partial charge in [0.05, 0.1) is 26.2 Å². The van der Waals surface area contributed by atoms with Crippen LogP contribution in [0.5, 0.6) is 0 Å². The van der Waals surface area contributed by atoms with Crippen molar-refractivity contribution in [1.29, 1.82) is 0 Å². The molecule has 37 heavy (non-hydrogen) atoms. The highest BCUT2D eigenvalue weighted by molar-refractivity contribution is 7.91. The molecule has 194 valence electrons. The van der Waals surface area contributed by atoms with Crippen molar-refractivity contribution in [1.82, 2.24) is 19.1 Å². The SMILES string of the molecule is Cc1cc(NC(=O)C2CCCN(S(=O)(=O)c3ccc(Cl)s3)C2)n(-c2nc3cc4c(cc3s2)CCCC4)n1. The van der Waals surface area contributed by atoms with Crippen LogP contribution in [0.15, 0.2) is 34.5 Å². The summed E-state index contributed by atoms with van der Waals surface area (Å²) in [6.45, 7) is 2.39. The van der Waals surface area contributed by atoms with Crippen LogP contribution in [0.2, 0.25) is 4.34 Å². The van der Waals surface area contributed by atoms with Gasteiger partial charge in [0.1, 0.15) is 10.0 Å². The fraction of sp³-hybridized carbons (Fsp3) is 0.400. The molecule has 12 heteroatoms. The Bertz CT molecular complexity index is 1560. The molecule has 1 unspecified atom stereocenters. The van der Waals surface area contributed by atoms with Crippen LogP contribution in [0.25, 0.3) is 15.3 Å². The number of sulfonamides is 1. The summed E-state index contributed by atoms with van der Waals surface area (Å²) >= 11 is 8.55. The van der Waals surface area contributed by atoms with Gasteiger partial charge >= 0.3 is 0 Å². The van der Waals surface area contributed by atoms with E-state index in [-0.39, 0.29) is 16.7 Å². The van der Waals surface area contributed by atoms with Crippen LogP contribution in [0.4, 0.5) is 5.82 Å². The standard InChI is InChI=1S/C25H26ClN5O3S3/c1-15-11-22(31(29-15)25-27-19-12-16-5-2-3-6-17(16)13-20(19)35-25)28-24(32)18-7-4-10-30(14-18)37(33,34)23-9-8-21(26)36-23/h8-9,11-13,18H,2-7,10,14H2,1H3,(H,28,32). The first-order chi connectivity index (χ1) is 17.8. The van der Waals surface area contributed by atoms with Gasteiger partial charge in [0, 0.05) is 19.2 Å². The topological polar surface area (TPSA) is 97.2 Å². The fourth-order valence-electron chi connectivity index (χ4n) is 5.13. The molecule has 1 aromatic carbocycles. The number of rotatable bonds is 5. The summed E-state index contributed by atoms with van der Waals surface area (Å²) in [7, 11) is -3.69. The fourth-order valence-corrected chi connectivity index (χ4v) is 9.27. The van der Waals surface area contributed by atoms with Gasteiger partial charge in [-0.3, -0.25) is 4.79 Å². The normalized spacial score (nSPS) is 18.7. The van der Waals surface area contributed by atoms with Crippen molar-refractivity contribution in [3.05, 3.63) is 51.5 Å². The first-order valence-corrected chi connectivity index (χ1v) is 15.8. The Hall–Kier alpha value is -2.31. The minimum atomic E-state index is -3.69. The molecule has 0 spiro atoms. The van der Waals surface area contributed by atoms with E-state index in [0.29, 0.717) is 34.7 Å². The van der Waals surface area contributed by atoms with E-state index < -0.39 is 15.9 Å². The molecule has 1 fully saturated rings. The molecule has 2 aliphatic rings. The van der Waals surface area contributed by atoms with Gasteiger partial charge in [-0.2, -0.15) is 14.1 Å². The molecule has 0 bridgehead atoms. The van der Waals surface area contributed by atoms with E-state index in [0.717, 1.165) is 40.1 Å². The highest BCUT2D eigenvalue weighted by atomic mass is 35.5. The van der Waals surface area contributed by atoms with Gasteiger partial charge in [-0.25, -0.2) is 13.4 Å². The van der Waals surface area contributed by atoms with E-state index in [1.165, 1.54) is 34.3 Å². The van der Waals surface area contributed by atoms with E-state index in [2.05, 4.69) is 22.5 Å². The Morgan fingerprint density at radius 1 is 1.11 bits per heavy atom. The van der Waals surface area contributed by atoms with Crippen LogP contribution >= 0.6 is 34.3 Å². The maximum absolute atomic E-state index is 13.3. The van der Waals surface area contributed by atoms with E-state index in [1.54, 1.807) is 22.1 Å². The van der Waals surface area contributed by atoms with Gasteiger partial charge in [0.25, 0.3) is 10.0 Å². The Morgan fingerprint density at radius 2 is 1.89 bits per heavy atom. The van der Waals surface area contributed by atoms with Crippen LogP contribution in [0, 0.1) is 12.8 Å². The predicted octanol–water partition coefficient (Wildman–Crippen LogP) is 5.42. The minimum Gasteiger partial charge on any atom is -0.310 e. The molecule has 1 aliphatic heterocycles. The van der Waals surface area contributed by atoms with Crippen LogP contribution in [0.1, 0.15) is 42.5 Å². The quantitative estimate of drug-likeness (QED) is 0.342. The Labute approximate surface area is 228 Å². The van der Waals surface area contributed by atoms with Gasteiger partial charge in [0.2, 0.25) is 11.0 Å². The highest BCUT2D eigenvalue weighted by Gasteiger charge is 2.34. The maximum Gasteiger partial charge on any atom is 0.252 e. The molecule has 1 atom stereocenters. The van der Waals surface area contributed by atoms with E-state index >= 15 is 0 Å². The molecule has 1 aliphatic carbocycles. The summed E-state index contributed by atoms with van der Waals surface area (Å²) < 4.78 is 31.0. The first-order valence-electron chi connectivity index (χ1n) is 12.3. The second-order valence-electron chi connectivity index (χ2n) is 9.62. The average molecular weight is 576 g/mol. The van der Waals surface area contributed by atoms with E-state index in [4.69, 9.17) is 16.6 Å². The number of nitrogens with zero attached hydrogens (tertiary/aromatic N) is 4.